The number of hydrogen-bond acceptors (Lipinski definition) is 4. The molecule has 0 spiro atoms. The number of rotatable bonds is 4. The molecule has 2 unspecified atom stereocenters. The second-order valence-electron chi connectivity index (χ2n) is 3.57. The predicted octanol–water partition coefficient (Wildman–Crippen LogP) is 0.258. The molecule has 5 N–H and O–H groups in total. The molecule has 0 fully saturated rings. The number of hydrogen-bond donors (Lipinski definition) is 3. The van der Waals surface area contributed by atoms with Crippen LogP contribution in [-0.2, 0) is 9.59 Å². The summed E-state index contributed by atoms with van der Waals surface area (Å²) in [4.78, 5) is 22.1. The third-order valence-electron chi connectivity index (χ3n) is 2.62. The molecule has 5 nitrogen and oxygen atoms in total. The zero-order valence-electron chi connectivity index (χ0n) is 8.40. The van der Waals surface area contributed by atoms with Gasteiger partial charge in [-0.3, -0.25) is 9.59 Å². The maximum absolute atomic E-state index is 11.0. The second-order valence-corrected chi connectivity index (χ2v) is 4.75. The lowest BCUT2D eigenvalue weighted by molar-refractivity contribution is -0.139. The summed E-state index contributed by atoms with van der Waals surface area (Å²) in [6.45, 7) is 1.85. The van der Waals surface area contributed by atoms with Crippen LogP contribution in [0.2, 0.25) is 0 Å². The Labute approximate surface area is 91.9 Å². The van der Waals surface area contributed by atoms with Crippen molar-refractivity contribution in [3.63, 3.8) is 0 Å². The number of aliphatic carboxylic acids is 1. The smallest absolute Gasteiger partial charge is 0.304 e. The minimum absolute atomic E-state index is 0.0750. The van der Waals surface area contributed by atoms with E-state index in [1.54, 1.807) is 6.08 Å². The van der Waals surface area contributed by atoms with E-state index in [1.165, 1.54) is 0 Å². The van der Waals surface area contributed by atoms with Crippen molar-refractivity contribution in [1.29, 1.82) is 0 Å². The quantitative estimate of drug-likeness (QED) is 0.642. The van der Waals surface area contributed by atoms with E-state index in [9.17, 15) is 9.59 Å². The molecule has 0 aromatic carbocycles. The van der Waals surface area contributed by atoms with Gasteiger partial charge in [0.25, 0.3) is 5.91 Å². The SMILES string of the molecule is CCC1(CC(=O)O)C=C(C(N)=O)SC1N. The number of carbonyl (C=O) groups is 2. The molecule has 1 rings (SSSR count). The lowest BCUT2D eigenvalue weighted by Gasteiger charge is -2.28. The van der Waals surface area contributed by atoms with Crippen molar-refractivity contribution in [2.75, 3.05) is 0 Å². The first kappa shape index (κ1) is 12.1. The summed E-state index contributed by atoms with van der Waals surface area (Å²) in [7, 11) is 0. The van der Waals surface area contributed by atoms with Crippen molar-refractivity contribution < 1.29 is 14.7 Å². The van der Waals surface area contributed by atoms with Crippen LogP contribution in [0.4, 0.5) is 0 Å². The normalized spacial score (nSPS) is 30.0. The Morgan fingerprint density at radius 2 is 2.27 bits per heavy atom. The van der Waals surface area contributed by atoms with Gasteiger partial charge in [0, 0.05) is 5.41 Å². The van der Waals surface area contributed by atoms with Crippen LogP contribution >= 0.6 is 11.8 Å². The monoisotopic (exact) mass is 230 g/mol. The van der Waals surface area contributed by atoms with Crippen molar-refractivity contribution in [3.8, 4) is 0 Å². The first-order valence-electron chi connectivity index (χ1n) is 4.58. The van der Waals surface area contributed by atoms with E-state index in [0.29, 0.717) is 11.3 Å². The van der Waals surface area contributed by atoms with Crippen molar-refractivity contribution in [3.05, 3.63) is 11.0 Å². The third kappa shape index (κ3) is 2.32. The van der Waals surface area contributed by atoms with Gasteiger partial charge in [0.15, 0.2) is 0 Å². The molecule has 1 amide bonds. The standard InChI is InChI=1S/C9H14N2O3S/c1-2-9(4-6(12)13)3-5(7(10)14)15-8(9)11/h3,8H,2,4,11H2,1H3,(H2,10,14)(H,12,13). The Morgan fingerprint density at radius 3 is 2.60 bits per heavy atom. The van der Waals surface area contributed by atoms with Crippen molar-refractivity contribution in [2.24, 2.45) is 16.9 Å². The number of carboxylic acids is 1. The highest BCUT2D eigenvalue weighted by Crippen LogP contribution is 2.46. The summed E-state index contributed by atoms with van der Waals surface area (Å²) < 4.78 is 0. The third-order valence-corrected chi connectivity index (χ3v) is 3.92. The van der Waals surface area contributed by atoms with E-state index in [1.807, 2.05) is 6.92 Å². The Kier molecular flexibility index (Phi) is 3.41. The van der Waals surface area contributed by atoms with Crippen LogP contribution in [0.25, 0.3) is 0 Å². The lowest BCUT2D eigenvalue weighted by Crippen LogP contribution is -2.36. The summed E-state index contributed by atoms with van der Waals surface area (Å²) in [5, 5.41) is 8.39. The molecular formula is C9H14N2O3S. The Hall–Kier alpha value is -1.01. The maximum atomic E-state index is 11.0. The molecule has 15 heavy (non-hydrogen) atoms. The molecule has 0 radical (unpaired) electrons. The van der Waals surface area contributed by atoms with Crippen molar-refractivity contribution in [1.82, 2.24) is 0 Å². The summed E-state index contributed by atoms with van der Waals surface area (Å²) in [6.07, 6.45) is 2.11. The molecule has 0 saturated carbocycles. The largest absolute Gasteiger partial charge is 0.481 e. The van der Waals surface area contributed by atoms with Gasteiger partial charge in [0.1, 0.15) is 0 Å². The number of thioether (sulfide) groups is 1. The number of carboxylic acid groups (broad SMARTS) is 1. The van der Waals surface area contributed by atoms with Gasteiger partial charge in [0.2, 0.25) is 0 Å². The molecule has 0 saturated heterocycles. The molecule has 6 heteroatoms. The number of primary amides is 1. The van der Waals surface area contributed by atoms with Gasteiger partial charge >= 0.3 is 5.97 Å². The molecule has 0 aliphatic carbocycles. The van der Waals surface area contributed by atoms with E-state index < -0.39 is 22.7 Å². The highest BCUT2D eigenvalue weighted by molar-refractivity contribution is 8.04. The minimum Gasteiger partial charge on any atom is -0.481 e. The predicted molar refractivity (Wildman–Crippen MR) is 57.8 cm³/mol. The molecule has 2 atom stereocenters. The first-order valence-corrected chi connectivity index (χ1v) is 5.46. The van der Waals surface area contributed by atoms with E-state index in [-0.39, 0.29) is 6.42 Å². The Morgan fingerprint density at radius 1 is 1.67 bits per heavy atom. The number of nitrogens with two attached hydrogens (primary N) is 2. The molecule has 84 valence electrons. The summed E-state index contributed by atoms with van der Waals surface area (Å²) in [5.41, 5.74) is 10.3. The molecule has 1 aliphatic heterocycles. The maximum Gasteiger partial charge on any atom is 0.304 e. The van der Waals surface area contributed by atoms with E-state index in [0.717, 1.165) is 11.8 Å². The minimum atomic E-state index is -0.921. The molecule has 1 aliphatic rings. The van der Waals surface area contributed by atoms with Crippen molar-refractivity contribution >= 4 is 23.6 Å². The van der Waals surface area contributed by atoms with Gasteiger partial charge in [-0.2, -0.15) is 0 Å². The summed E-state index contributed by atoms with van der Waals surface area (Å²) in [5.74, 6) is -1.47. The Bertz CT molecular complexity index is 329. The number of amides is 1. The molecule has 0 bridgehead atoms. The lowest BCUT2D eigenvalue weighted by atomic mass is 9.81. The number of carbonyl (C=O) groups excluding carboxylic acids is 1. The van der Waals surface area contributed by atoms with E-state index in [2.05, 4.69) is 0 Å². The first-order chi connectivity index (χ1) is 6.91. The highest BCUT2D eigenvalue weighted by Gasteiger charge is 2.42. The fraction of sp³-hybridized carbons (Fsp3) is 0.556. The van der Waals surface area contributed by atoms with Crippen LogP contribution in [-0.4, -0.2) is 22.4 Å². The van der Waals surface area contributed by atoms with Crippen LogP contribution in [0.5, 0.6) is 0 Å². The average molecular weight is 230 g/mol. The second kappa shape index (κ2) is 4.24. The van der Waals surface area contributed by atoms with Crippen LogP contribution in [0, 0.1) is 5.41 Å². The van der Waals surface area contributed by atoms with Gasteiger partial charge in [-0.1, -0.05) is 13.0 Å². The fourth-order valence-electron chi connectivity index (χ4n) is 1.62. The Balaban J connectivity index is 2.98. The molecule has 0 aromatic heterocycles. The van der Waals surface area contributed by atoms with Crippen LogP contribution in [0.15, 0.2) is 11.0 Å². The summed E-state index contributed by atoms with van der Waals surface area (Å²) >= 11 is 1.15. The highest BCUT2D eigenvalue weighted by atomic mass is 32.2. The zero-order valence-corrected chi connectivity index (χ0v) is 9.21. The van der Waals surface area contributed by atoms with E-state index in [4.69, 9.17) is 16.6 Å². The molecule has 1 heterocycles. The van der Waals surface area contributed by atoms with Crippen LogP contribution in [0.3, 0.4) is 0 Å². The van der Waals surface area contributed by atoms with E-state index >= 15 is 0 Å². The average Bonchev–Trinajstić information content (AvgIpc) is 2.44. The van der Waals surface area contributed by atoms with Gasteiger partial charge in [0.05, 0.1) is 16.7 Å². The van der Waals surface area contributed by atoms with Crippen LogP contribution in [0.1, 0.15) is 19.8 Å². The van der Waals surface area contributed by atoms with Gasteiger partial charge in [-0.25, -0.2) is 0 Å². The van der Waals surface area contributed by atoms with Gasteiger partial charge in [-0.15, -0.1) is 11.8 Å². The fourth-order valence-corrected chi connectivity index (χ4v) is 2.87. The molecule has 0 aromatic rings. The molecular weight excluding hydrogens is 216 g/mol. The van der Waals surface area contributed by atoms with Gasteiger partial charge < -0.3 is 16.6 Å². The van der Waals surface area contributed by atoms with Gasteiger partial charge in [-0.05, 0) is 6.42 Å². The van der Waals surface area contributed by atoms with Crippen LogP contribution < -0.4 is 11.5 Å². The summed E-state index contributed by atoms with van der Waals surface area (Å²) in [6, 6.07) is 0. The zero-order chi connectivity index (χ0) is 11.6. The van der Waals surface area contributed by atoms with Crippen molar-refractivity contribution in [2.45, 2.75) is 25.1 Å². The topological polar surface area (TPSA) is 106 Å².